The summed E-state index contributed by atoms with van der Waals surface area (Å²) in [6.45, 7) is 6.76. The molecule has 0 fully saturated rings. The Morgan fingerprint density at radius 1 is 0.789 bits per heavy atom. The summed E-state index contributed by atoms with van der Waals surface area (Å²) >= 11 is 0. The van der Waals surface area contributed by atoms with E-state index in [1.165, 1.54) is 12.1 Å². The first-order chi connectivity index (χ1) is 8.97. The second kappa shape index (κ2) is 4.69. The van der Waals surface area contributed by atoms with Crippen LogP contribution in [0.3, 0.4) is 0 Å². The molecule has 0 aliphatic heterocycles. The van der Waals surface area contributed by atoms with Crippen LogP contribution in [-0.2, 0) is 0 Å². The van der Waals surface area contributed by atoms with E-state index in [4.69, 9.17) is 6.57 Å². The van der Waals surface area contributed by atoms with Crippen LogP contribution in [0.1, 0.15) is 0 Å². The summed E-state index contributed by atoms with van der Waals surface area (Å²) in [5, 5.41) is 0. The van der Waals surface area contributed by atoms with Crippen LogP contribution in [0.5, 0.6) is 0 Å². The van der Waals surface area contributed by atoms with E-state index < -0.39 is 34.6 Å². The molecule has 0 radical (unpaired) electrons. The molecule has 2 aromatic carbocycles. The molecule has 96 valence electrons. The van der Waals surface area contributed by atoms with Gasteiger partial charge in [-0.05, 0) is 11.6 Å². The molecule has 0 aliphatic carbocycles. The molecule has 1 nitrogen and oxygen atoms in total. The van der Waals surface area contributed by atoms with Crippen LogP contribution in [0.4, 0.5) is 27.6 Å². The Morgan fingerprint density at radius 3 is 1.84 bits per heavy atom. The molecule has 0 N–H and O–H groups in total. The molecule has 0 unspecified atom stereocenters. The van der Waals surface area contributed by atoms with Crippen LogP contribution < -0.4 is 0 Å². The van der Waals surface area contributed by atoms with Crippen LogP contribution in [0.25, 0.3) is 16.0 Å². The Hall–Kier alpha value is -2.42. The molecule has 0 heterocycles. The lowest BCUT2D eigenvalue weighted by atomic mass is 10.0. The summed E-state index contributed by atoms with van der Waals surface area (Å²) in [5.74, 6) is -10.1. The Morgan fingerprint density at radius 2 is 1.32 bits per heavy atom. The predicted molar refractivity (Wildman–Crippen MR) is 57.9 cm³/mol. The smallest absolute Gasteiger partial charge is 0.200 e. The first-order valence-electron chi connectivity index (χ1n) is 4.96. The molecule has 0 bridgehead atoms. The van der Waals surface area contributed by atoms with Crippen molar-refractivity contribution in [3.05, 3.63) is 64.8 Å². The van der Waals surface area contributed by atoms with E-state index in [-0.39, 0.29) is 11.3 Å². The van der Waals surface area contributed by atoms with Gasteiger partial charge in [-0.2, -0.15) is 0 Å². The van der Waals surface area contributed by atoms with E-state index >= 15 is 0 Å². The van der Waals surface area contributed by atoms with Crippen molar-refractivity contribution in [1.82, 2.24) is 0 Å². The number of rotatable bonds is 1. The van der Waals surface area contributed by atoms with E-state index in [1.807, 2.05) is 0 Å². The van der Waals surface area contributed by atoms with Crippen LogP contribution >= 0.6 is 0 Å². The second-order valence-electron chi connectivity index (χ2n) is 3.61. The summed E-state index contributed by atoms with van der Waals surface area (Å²) in [6.07, 6.45) is 0. The summed E-state index contributed by atoms with van der Waals surface area (Å²) in [5.41, 5.74) is -1.26. The van der Waals surface area contributed by atoms with Crippen molar-refractivity contribution < 1.29 is 22.0 Å². The Bertz CT molecular complexity index is 674. The fourth-order valence-corrected chi connectivity index (χ4v) is 1.59. The van der Waals surface area contributed by atoms with Crippen molar-refractivity contribution in [3.63, 3.8) is 0 Å². The minimum atomic E-state index is -2.21. The van der Waals surface area contributed by atoms with Crippen molar-refractivity contribution in [3.8, 4) is 11.1 Å². The summed E-state index contributed by atoms with van der Waals surface area (Å²) < 4.78 is 66.0. The molecule has 0 saturated heterocycles. The van der Waals surface area contributed by atoms with Crippen LogP contribution in [0.2, 0.25) is 0 Å². The molecule has 0 saturated carbocycles. The topological polar surface area (TPSA) is 4.36 Å². The predicted octanol–water partition coefficient (Wildman–Crippen LogP) is 4.60. The molecule has 6 heteroatoms. The largest absolute Gasteiger partial charge is 0.238 e. The lowest BCUT2D eigenvalue weighted by Crippen LogP contribution is -2.03. The van der Waals surface area contributed by atoms with Crippen LogP contribution in [-0.4, -0.2) is 0 Å². The zero-order valence-electron chi connectivity index (χ0n) is 9.15. The average Bonchev–Trinajstić information content (AvgIpc) is 2.43. The fourth-order valence-electron chi connectivity index (χ4n) is 1.59. The molecule has 0 aliphatic rings. The first kappa shape index (κ1) is 13.0. The van der Waals surface area contributed by atoms with Gasteiger partial charge in [-0.15, -0.1) is 0 Å². The molecule has 0 atom stereocenters. The molecule has 0 amide bonds. The second-order valence-corrected chi connectivity index (χ2v) is 3.61. The van der Waals surface area contributed by atoms with Gasteiger partial charge in [-0.1, -0.05) is 18.2 Å². The average molecular weight is 269 g/mol. The monoisotopic (exact) mass is 269 g/mol. The third-order valence-corrected chi connectivity index (χ3v) is 2.47. The maximum Gasteiger partial charge on any atom is 0.200 e. The van der Waals surface area contributed by atoms with E-state index in [1.54, 1.807) is 0 Å². The standard InChI is InChI=1S/C13H4F5N/c1-19-7-4-2-3-6(5-7)8-9(14)11(16)13(18)12(17)10(8)15/h2-5H. The van der Waals surface area contributed by atoms with Gasteiger partial charge in [0.15, 0.2) is 29.0 Å². The van der Waals surface area contributed by atoms with Gasteiger partial charge in [-0.3, -0.25) is 0 Å². The van der Waals surface area contributed by atoms with E-state index in [9.17, 15) is 22.0 Å². The fraction of sp³-hybridized carbons (Fsp3) is 0. The highest BCUT2D eigenvalue weighted by molar-refractivity contribution is 5.69. The lowest BCUT2D eigenvalue weighted by Gasteiger charge is -2.08. The van der Waals surface area contributed by atoms with Gasteiger partial charge < -0.3 is 0 Å². The minimum absolute atomic E-state index is 0.0291. The van der Waals surface area contributed by atoms with E-state index in [2.05, 4.69) is 4.85 Å². The molecular weight excluding hydrogens is 265 g/mol. The quantitative estimate of drug-likeness (QED) is 0.308. The lowest BCUT2D eigenvalue weighted by molar-refractivity contribution is 0.381. The van der Waals surface area contributed by atoms with Gasteiger partial charge in [0.1, 0.15) is 0 Å². The Balaban J connectivity index is 2.79. The molecule has 2 aromatic rings. The molecular formula is C13H4F5N. The SMILES string of the molecule is [C-]#[N+]c1cccc(-c2c(F)c(F)c(F)c(F)c2F)c1. The highest BCUT2D eigenvalue weighted by Gasteiger charge is 2.26. The van der Waals surface area contributed by atoms with Crippen molar-refractivity contribution in [2.24, 2.45) is 0 Å². The molecule has 0 spiro atoms. The van der Waals surface area contributed by atoms with Gasteiger partial charge in [0.2, 0.25) is 5.82 Å². The van der Waals surface area contributed by atoms with Crippen LogP contribution in [0, 0.1) is 35.7 Å². The number of nitrogens with zero attached hydrogens (tertiary/aromatic N) is 1. The first-order valence-corrected chi connectivity index (χ1v) is 4.96. The van der Waals surface area contributed by atoms with Gasteiger partial charge >= 0.3 is 0 Å². The van der Waals surface area contributed by atoms with Gasteiger partial charge in [0, 0.05) is 0 Å². The molecule has 0 aromatic heterocycles. The highest BCUT2D eigenvalue weighted by atomic mass is 19.2. The number of hydrogen-bond donors (Lipinski definition) is 0. The summed E-state index contributed by atoms with van der Waals surface area (Å²) in [4.78, 5) is 3.02. The summed E-state index contributed by atoms with van der Waals surface area (Å²) in [6, 6.07) is 4.85. The minimum Gasteiger partial charge on any atom is -0.238 e. The van der Waals surface area contributed by atoms with Crippen molar-refractivity contribution >= 4 is 5.69 Å². The summed E-state index contributed by atoms with van der Waals surface area (Å²) in [7, 11) is 0. The maximum atomic E-state index is 13.5. The number of hydrogen-bond acceptors (Lipinski definition) is 0. The molecule has 2 rings (SSSR count). The van der Waals surface area contributed by atoms with Gasteiger partial charge in [0.25, 0.3) is 0 Å². The Labute approximate surface area is 104 Å². The highest BCUT2D eigenvalue weighted by Crippen LogP contribution is 2.33. The van der Waals surface area contributed by atoms with Crippen molar-refractivity contribution in [2.45, 2.75) is 0 Å². The third-order valence-electron chi connectivity index (χ3n) is 2.47. The number of halogens is 5. The third kappa shape index (κ3) is 2.03. The number of benzene rings is 2. The van der Waals surface area contributed by atoms with Gasteiger partial charge in [0.05, 0.1) is 12.1 Å². The van der Waals surface area contributed by atoms with Crippen molar-refractivity contribution in [1.29, 1.82) is 0 Å². The van der Waals surface area contributed by atoms with E-state index in [0.29, 0.717) is 0 Å². The van der Waals surface area contributed by atoms with Crippen molar-refractivity contribution in [2.75, 3.05) is 0 Å². The normalized spacial score (nSPS) is 10.3. The zero-order valence-corrected chi connectivity index (χ0v) is 9.15. The zero-order chi connectivity index (χ0) is 14.2. The van der Waals surface area contributed by atoms with Crippen LogP contribution in [0.15, 0.2) is 24.3 Å². The molecule has 19 heavy (non-hydrogen) atoms. The maximum absolute atomic E-state index is 13.5. The Kier molecular flexibility index (Phi) is 3.21. The van der Waals surface area contributed by atoms with E-state index in [0.717, 1.165) is 12.1 Å². The van der Waals surface area contributed by atoms with Gasteiger partial charge in [-0.25, -0.2) is 26.8 Å².